The number of hydrogen-bond donors (Lipinski definition) is 2. The van der Waals surface area contributed by atoms with Gasteiger partial charge in [-0.25, -0.2) is 0 Å². The van der Waals surface area contributed by atoms with Crippen molar-refractivity contribution in [1.82, 2.24) is 0 Å². The van der Waals surface area contributed by atoms with Crippen molar-refractivity contribution >= 4 is 29.2 Å². The van der Waals surface area contributed by atoms with Crippen LogP contribution in [0.5, 0.6) is 0 Å². The van der Waals surface area contributed by atoms with E-state index in [1.165, 1.54) is 0 Å². The third-order valence-corrected chi connectivity index (χ3v) is 4.53. The summed E-state index contributed by atoms with van der Waals surface area (Å²) in [4.78, 5) is 36.5. The van der Waals surface area contributed by atoms with E-state index in [1.54, 1.807) is 60.7 Å². The number of aliphatic carboxylic acids is 1. The molecule has 0 aromatic heterocycles. The molecule has 0 saturated heterocycles. The molecule has 3 rings (SSSR count). The number of carbonyl (C=O) groups excluding carboxylic acids is 3. The molecule has 138 valence electrons. The molecule has 0 heterocycles. The number of allylic oxidation sites excluding steroid dienone is 2. The number of anilines is 2. The third kappa shape index (κ3) is 4.41. The van der Waals surface area contributed by atoms with Crippen molar-refractivity contribution < 1.29 is 19.5 Å². The van der Waals surface area contributed by atoms with Gasteiger partial charge in [-0.05, 0) is 37.1 Å². The zero-order chi connectivity index (χ0) is 19.2. The number of rotatable bonds is 5. The fraction of sp³-hybridized carbons (Fsp3) is 0.190. The lowest BCUT2D eigenvalue weighted by Crippen LogP contribution is -2.41. The highest BCUT2D eigenvalue weighted by Gasteiger charge is 2.30. The Balaban J connectivity index is 1.77. The van der Waals surface area contributed by atoms with E-state index >= 15 is 0 Å². The average molecular weight is 363 g/mol. The lowest BCUT2D eigenvalue weighted by Gasteiger charge is -2.28. The first kappa shape index (κ1) is 18.4. The molecule has 2 N–H and O–H groups in total. The minimum absolute atomic E-state index is 0.260. The molecule has 0 bridgehead atoms. The predicted molar refractivity (Wildman–Crippen MR) is 99.8 cm³/mol. The Bertz CT molecular complexity index is 877. The molecule has 1 aliphatic rings. The summed E-state index contributed by atoms with van der Waals surface area (Å²) in [6.07, 6.45) is 4.11. The predicted octanol–water partition coefficient (Wildman–Crippen LogP) is 2.21. The second kappa shape index (κ2) is 8.31. The van der Waals surface area contributed by atoms with E-state index in [9.17, 15) is 19.5 Å². The van der Waals surface area contributed by atoms with E-state index in [2.05, 4.69) is 10.6 Å². The van der Waals surface area contributed by atoms with Crippen LogP contribution in [0.4, 0.5) is 11.4 Å². The Morgan fingerprint density at radius 2 is 1.44 bits per heavy atom. The lowest BCUT2D eigenvalue weighted by atomic mass is 9.82. The highest BCUT2D eigenvalue weighted by Crippen LogP contribution is 2.27. The van der Waals surface area contributed by atoms with Crippen molar-refractivity contribution in [2.75, 3.05) is 10.6 Å². The van der Waals surface area contributed by atoms with Crippen LogP contribution in [-0.2, 0) is 9.59 Å². The molecule has 0 spiro atoms. The van der Waals surface area contributed by atoms with Crippen molar-refractivity contribution in [3.63, 3.8) is 0 Å². The van der Waals surface area contributed by atoms with Gasteiger partial charge in [0.15, 0.2) is 0 Å². The molecule has 6 nitrogen and oxygen atoms in total. The van der Waals surface area contributed by atoms with E-state index < -0.39 is 23.7 Å². The van der Waals surface area contributed by atoms with Crippen LogP contribution in [0.2, 0.25) is 0 Å². The highest BCUT2D eigenvalue weighted by molar-refractivity contribution is 6.10. The van der Waals surface area contributed by atoms with Gasteiger partial charge in [0.05, 0.1) is 17.2 Å². The Morgan fingerprint density at radius 3 is 2.15 bits per heavy atom. The van der Waals surface area contributed by atoms with Crippen LogP contribution in [-0.4, -0.2) is 17.8 Å². The Hall–Kier alpha value is -3.41. The summed E-state index contributed by atoms with van der Waals surface area (Å²) in [5.74, 6) is -3.65. The first-order valence-electron chi connectivity index (χ1n) is 8.68. The summed E-state index contributed by atoms with van der Waals surface area (Å²) in [7, 11) is 0. The first-order valence-corrected chi connectivity index (χ1v) is 8.68. The highest BCUT2D eigenvalue weighted by atomic mass is 16.4. The third-order valence-electron chi connectivity index (χ3n) is 4.53. The van der Waals surface area contributed by atoms with Gasteiger partial charge in [-0.3, -0.25) is 9.59 Å². The van der Waals surface area contributed by atoms with Crippen molar-refractivity contribution in [1.29, 1.82) is 0 Å². The number of para-hydroxylation sites is 2. The van der Waals surface area contributed by atoms with Crippen molar-refractivity contribution in [3.05, 3.63) is 72.3 Å². The molecular formula is C21H19N2O4-. The SMILES string of the molecule is O=C(Nc1ccccc1)c1ccccc1NC(=O)C1CC=CCC1C(=O)[O-]. The fourth-order valence-corrected chi connectivity index (χ4v) is 3.10. The van der Waals surface area contributed by atoms with Crippen LogP contribution < -0.4 is 15.7 Å². The minimum atomic E-state index is -1.24. The maximum atomic E-state index is 12.6. The van der Waals surface area contributed by atoms with Gasteiger partial charge in [0, 0.05) is 17.6 Å². The van der Waals surface area contributed by atoms with Crippen molar-refractivity contribution in [3.8, 4) is 0 Å². The Morgan fingerprint density at radius 1 is 0.815 bits per heavy atom. The minimum Gasteiger partial charge on any atom is -0.550 e. The van der Waals surface area contributed by atoms with E-state index in [1.807, 2.05) is 6.07 Å². The molecule has 2 unspecified atom stereocenters. The van der Waals surface area contributed by atoms with Crippen LogP contribution >= 0.6 is 0 Å². The van der Waals surface area contributed by atoms with Crippen molar-refractivity contribution in [2.45, 2.75) is 12.8 Å². The Labute approximate surface area is 156 Å². The maximum absolute atomic E-state index is 12.6. The zero-order valence-corrected chi connectivity index (χ0v) is 14.6. The summed E-state index contributed by atoms with van der Waals surface area (Å²) in [6, 6.07) is 15.6. The standard InChI is InChI=1S/C21H20N2O4/c24-19(15-10-4-5-11-16(15)21(26)27)23-18-13-7-6-12-17(18)20(25)22-14-8-2-1-3-9-14/h1-9,12-13,15-16H,10-11H2,(H,22,25)(H,23,24)(H,26,27)/p-1. The van der Waals surface area contributed by atoms with Crippen LogP contribution in [0.25, 0.3) is 0 Å². The smallest absolute Gasteiger partial charge is 0.257 e. The molecule has 2 aromatic rings. The summed E-state index contributed by atoms with van der Waals surface area (Å²) >= 11 is 0. The van der Waals surface area contributed by atoms with Gasteiger partial charge in [-0.15, -0.1) is 0 Å². The Kier molecular flexibility index (Phi) is 5.66. The summed E-state index contributed by atoms with van der Waals surface area (Å²) < 4.78 is 0. The van der Waals surface area contributed by atoms with E-state index in [-0.39, 0.29) is 12.3 Å². The topological polar surface area (TPSA) is 98.3 Å². The van der Waals surface area contributed by atoms with Crippen LogP contribution in [0, 0.1) is 11.8 Å². The molecule has 0 aliphatic heterocycles. The van der Waals surface area contributed by atoms with Crippen LogP contribution in [0.1, 0.15) is 23.2 Å². The number of carbonyl (C=O) groups is 3. The quantitative estimate of drug-likeness (QED) is 0.796. The van der Waals surface area contributed by atoms with Gasteiger partial charge < -0.3 is 20.5 Å². The summed E-state index contributed by atoms with van der Waals surface area (Å²) in [6.45, 7) is 0. The average Bonchev–Trinajstić information content (AvgIpc) is 2.69. The van der Waals surface area contributed by atoms with Gasteiger partial charge in [-0.1, -0.05) is 42.5 Å². The second-order valence-electron chi connectivity index (χ2n) is 6.33. The molecular weight excluding hydrogens is 344 g/mol. The molecule has 1 aliphatic carbocycles. The lowest BCUT2D eigenvalue weighted by molar-refractivity contribution is -0.313. The monoisotopic (exact) mass is 363 g/mol. The molecule has 2 amide bonds. The summed E-state index contributed by atoms with van der Waals surface area (Å²) in [5.41, 5.74) is 1.27. The maximum Gasteiger partial charge on any atom is 0.257 e. The number of hydrogen-bond acceptors (Lipinski definition) is 4. The molecule has 2 atom stereocenters. The van der Waals surface area contributed by atoms with Gasteiger partial charge in [-0.2, -0.15) is 0 Å². The number of benzene rings is 2. The van der Waals surface area contributed by atoms with E-state index in [4.69, 9.17) is 0 Å². The largest absolute Gasteiger partial charge is 0.550 e. The van der Waals surface area contributed by atoms with Crippen molar-refractivity contribution in [2.24, 2.45) is 11.8 Å². The van der Waals surface area contributed by atoms with E-state index in [0.717, 1.165) is 0 Å². The number of carboxylic acid groups (broad SMARTS) is 1. The number of carboxylic acids is 1. The van der Waals surface area contributed by atoms with Gasteiger partial charge >= 0.3 is 0 Å². The molecule has 0 fully saturated rings. The first-order chi connectivity index (χ1) is 13.1. The second-order valence-corrected chi connectivity index (χ2v) is 6.33. The molecule has 0 radical (unpaired) electrons. The van der Waals surface area contributed by atoms with Gasteiger partial charge in [0.1, 0.15) is 0 Å². The molecule has 27 heavy (non-hydrogen) atoms. The number of nitrogens with one attached hydrogen (secondary N) is 2. The fourth-order valence-electron chi connectivity index (χ4n) is 3.10. The van der Waals surface area contributed by atoms with Gasteiger partial charge in [0.2, 0.25) is 5.91 Å². The van der Waals surface area contributed by atoms with Crippen LogP contribution in [0.3, 0.4) is 0 Å². The molecule has 2 aromatic carbocycles. The zero-order valence-electron chi connectivity index (χ0n) is 14.6. The molecule has 0 saturated carbocycles. The van der Waals surface area contributed by atoms with Crippen LogP contribution in [0.15, 0.2) is 66.7 Å². The number of amides is 2. The van der Waals surface area contributed by atoms with Gasteiger partial charge in [0.25, 0.3) is 5.91 Å². The molecule has 6 heteroatoms. The van der Waals surface area contributed by atoms with E-state index in [0.29, 0.717) is 23.4 Å². The normalized spacial score (nSPS) is 18.5. The summed E-state index contributed by atoms with van der Waals surface area (Å²) in [5, 5.41) is 16.8.